The molecule has 0 aliphatic rings. The van der Waals surface area contributed by atoms with Gasteiger partial charge in [0.15, 0.2) is 0 Å². The SMILES string of the molecule is CCCS(=O)(=O)CCCOc1ccccc1C#N. The first-order valence-corrected chi connectivity index (χ1v) is 7.73. The van der Waals surface area contributed by atoms with E-state index < -0.39 is 9.84 Å². The number of hydrogen-bond acceptors (Lipinski definition) is 4. The molecule has 0 N–H and O–H groups in total. The van der Waals surface area contributed by atoms with Crippen LogP contribution in [-0.4, -0.2) is 26.5 Å². The topological polar surface area (TPSA) is 67.2 Å². The van der Waals surface area contributed by atoms with E-state index in [1.165, 1.54) is 0 Å². The molecule has 0 bridgehead atoms. The van der Waals surface area contributed by atoms with Crippen molar-refractivity contribution in [2.75, 3.05) is 18.1 Å². The molecule has 1 aromatic rings. The first-order valence-electron chi connectivity index (χ1n) is 5.91. The van der Waals surface area contributed by atoms with Gasteiger partial charge in [-0.3, -0.25) is 0 Å². The van der Waals surface area contributed by atoms with Crippen molar-refractivity contribution in [2.45, 2.75) is 19.8 Å². The molecule has 0 fully saturated rings. The minimum Gasteiger partial charge on any atom is -0.492 e. The van der Waals surface area contributed by atoms with E-state index in [2.05, 4.69) is 0 Å². The molecule has 1 rings (SSSR count). The summed E-state index contributed by atoms with van der Waals surface area (Å²) in [6.45, 7) is 2.15. The molecule has 0 aromatic heterocycles. The van der Waals surface area contributed by atoms with Crippen LogP contribution in [0, 0.1) is 11.3 Å². The molecule has 0 heterocycles. The van der Waals surface area contributed by atoms with Gasteiger partial charge in [0.05, 0.1) is 17.9 Å². The van der Waals surface area contributed by atoms with Crippen molar-refractivity contribution in [3.8, 4) is 11.8 Å². The van der Waals surface area contributed by atoms with E-state index >= 15 is 0 Å². The molecule has 98 valence electrons. The number of sulfone groups is 1. The largest absolute Gasteiger partial charge is 0.492 e. The van der Waals surface area contributed by atoms with Gasteiger partial charge in [-0.15, -0.1) is 0 Å². The molecular formula is C13H17NO3S. The van der Waals surface area contributed by atoms with Crippen molar-refractivity contribution < 1.29 is 13.2 Å². The fraction of sp³-hybridized carbons (Fsp3) is 0.462. The van der Waals surface area contributed by atoms with E-state index in [9.17, 15) is 8.42 Å². The fourth-order valence-corrected chi connectivity index (χ4v) is 2.94. The van der Waals surface area contributed by atoms with Crippen molar-refractivity contribution in [1.29, 1.82) is 5.26 Å². The summed E-state index contributed by atoms with van der Waals surface area (Å²) in [6.07, 6.45) is 1.09. The molecule has 1 aromatic carbocycles. The molecule has 4 nitrogen and oxygen atoms in total. The minimum atomic E-state index is -2.95. The zero-order valence-corrected chi connectivity index (χ0v) is 11.2. The highest BCUT2D eigenvalue weighted by atomic mass is 32.2. The summed E-state index contributed by atoms with van der Waals surface area (Å²) in [6, 6.07) is 8.95. The smallest absolute Gasteiger partial charge is 0.150 e. The Kier molecular flexibility index (Phi) is 5.66. The Morgan fingerprint density at radius 2 is 2.00 bits per heavy atom. The Hall–Kier alpha value is -1.54. The predicted molar refractivity (Wildman–Crippen MR) is 70.2 cm³/mol. The number of nitrogens with zero attached hydrogens (tertiary/aromatic N) is 1. The highest BCUT2D eigenvalue weighted by Gasteiger charge is 2.09. The number of nitriles is 1. The van der Waals surface area contributed by atoms with Gasteiger partial charge in [-0.05, 0) is 25.0 Å². The summed E-state index contributed by atoms with van der Waals surface area (Å²) in [5.74, 6) is 0.866. The summed E-state index contributed by atoms with van der Waals surface area (Å²) in [5.41, 5.74) is 0.467. The molecule has 0 saturated heterocycles. The van der Waals surface area contributed by atoms with E-state index in [4.69, 9.17) is 10.00 Å². The zero-order chi connectivity index (χ0) is 13.4. The highest BCUT2D eigenvalue weighted by molar-refractivity contribution is 7.91. The average molecular weight is 267 g/mol. The molecule has 0 atom stereocenters. The van der Waals surface area contributed by atoms with Gasteiger partial charge in [0.1, 0.15) is 21.7 Å². The van der Waals surface area contributed by atoms with Crippen LogP contribution in [0.4, 0.5) is 0 Å². The van der Waals surface area contributed by atoms with Crippen LogP contribution in [0.1, 0.15) is 25.3 Å². The normalized spacial score (nSPS) is 10.9. The lowest BCUT2D eigenvalue weighted by Gasteiger charge is -2.07. The Labute approximate surface area is 108 Å². The summed E-state index contributed by atoms with van der Waals surface area (Å²) in [7, 11) is -2.95. The lowest BCUT2D eigenvalue weighted by molar-refractivity contribution is 0.317. The van der Waals surface area contributed by atoms with Crippen LogP contribution >= 0.6 is 0 Å². The maximum Gasteiger partial charge on any atom is 0.150 e. The van der Waals surface area contributed by atoms with E-state index in [1.54, 1.807) is 24.3 Å². The van der Waals surface area contributed by atoms with E-state index in [1.807, 2.05) is 13.0 Å². The summed E-state index contributed by atoms with van der Waals surface area (Å²) < 4.78 is 28.3. The Morgan fingerprint density at radius 1 is 1.28 bits per heavy atom. The number of ether oxygens (including phenoxy) is 1. The highest BCUT2D eigenvalue weighted by Crippen LogP contribution is 2.16. The first-order chi connectivity index (χ1) is 8.59. The van der Waals surface area contributed by atoms with Crippen LogP contribution in [0.5, 0.6) is 5.75 Å². The quantitative estimate of drug-likeness (QED) is 0.710. The van der Waals surface area contributed by atoms with Crippen LogP contribution in [0.3, 0.4) is 0 Å². The molecule has 5 heteroatoms. The maximum atomic E-state index is 11.5. The van der Waals surface area contributed by atoms with Gasteiger partial charge in [-0.1, -0.05) is 19.1 Å². The van der Waals surface area contributed by atoms with Gasteiger partial charge in [-0.2, -0.15) is 5.26 Å². The van der Waals surface area contributed by atoms with Crippen LogP contribution in [0.15, 0.2) is 24.3 Å². The predicted octanol–water partition coefficient (Wildman–Crippen LogP) is 2.15. The van der Waals surface area contributed by atoms with Gasteiger partial charge in [-0.25, -0.2) is 8.42 Å². The fourth-order valence-electron chi connectivity index (χ4n) is 1.56. The molecule has 0 unspecified atom stereocenters. The third kappa shape index (κ3) is 4.76. The zero-order valence-electron chi connectivity index (χ0n) is 10.4. The first kappa shape index (κ1) is 14.5. The summed E-state index contributed by atoms with van der Waals surface area (Å²) in [4.78, 5) is 0. The van der Waals surface area contributed by atoms with E-state index in [0.29, 0.717) is 30.8 Å². The molecule has 0 aliphatic carbocycles. The summed E-state index contributed by atoms with van der Waals surface area (Å²) in [5, 5.41) is 8.85. The minimum absolute atomic E-state index is 0.134. The van der Waals surface area contributed by atoms with Crippen LogP contribution in [0.25, 0.3) is 0 Å². The van der Waals surface area contributed by atoms with E-state index in [0.717, 1.165) is 0 Å². The standard InChI is InChI=1S/C13H17NO3S/c1-2-9-18(15,16)10-5-8-17-13-7-4-3-6-12(13)11-14/h3-4,6-7H,2,5,8-10H2,1H3. The monoisotopic (exact) mass is 267 g/mol. The second-order valence-corrected chi connectivity index (χ2v) is 6.27. The molecule has 0 radical (unpaired) electrons. The van der Waals surface area contributed by atoms with Gasteiger partial charge in [0.25, 0.3) is 0 Å². The van der Waals surface area contributed by atoms with Gasteiger partial charge < -0.3 is 4.74 Å². The van der Waals surface area contributed by atoms with Crippen molar-refractivity contribution in [3.63, 3.8) is 0 Å². The molecule has 0 amide bonds. The maximum absolute atomic E-state index is 11.5. The molecule has 0 aliphatic heterocycles. The Morgan fingerprint density at radius 3 is 2.67 bits per heavy atom. The number of benzene rings is 1. The molecular weight excluding hydrogens is 250 g/mol. The van der Waals surface area contributed by atoms with Crippen LogP contribution in [0.2, 0.25) is 0 Å². The average Bonchev–Trinajstić information content (AvgIpc) is 2.35. The Balaban J connectivity index is 2.41. The molecule has 0 saturated carbocycles. The van der Waals surface area contributed by atoms with Crippen molar-refractivity contribution in [2.24, 2.45) is 0 Å². The Bertz CT molecular complexity index is 517. The van der Waals surface area contributed by atoms with Crippen molar-refractivity contribution >= 4 is 9.84 Å². The third-order valence-corrected chi connectivity index (χ3v) is 4.32. The lowest BCUT2D eigenvalue weighted by Crippen LogP contribution is -2.13. The van der Waals surface area contributed by atoms with Gasteiger partial charge in [0, 0.05) is 5.75 Å². The number of hydrogen-bond donors (Lipinski definition) is 0. The van der Waals surface area contributed by atoms with Crippen molar-refractivity contribution in [3.05, 3.63) is 29.8 Å². The van der Waals surface area contributed by atoms with Gasteiger partial charge in [0.2, 0.25) is 0 Å². The number of para-hydroxylation sites is 1. The second kappa shape index (κ2) is 7.02. The lowest BCUT2D eigenvalue weighted by atomic mass is 10.2. The van der Waals surface area contributed by atoms with E-state index in [-0.39, 0.29) is 11.5 Å². The number of rotatable bonds is 7. The molecule has 0 spiro atoms. The van der Waals surface area contributed by atoms with Gasteiger partial charge >= 0.3 is 0 Å². The van der Waals surface area contributed by atoms with Crippen LogP contribution < -0.4 is 4.74 Å². The van der Waals surface area contributed by atoms with Crippen molar-refractivity contribution in [1.82, 2.24) is 0 Å². The second-order valence-electron chi connectivity index (χ2n) is 3.96. The third-order valence-electron chi connectivity index (χ3n) is 2.38. The van der Waals surface area contributed by atoms with Crippen LogP contribution in [-0.2, 0) is 9.84 Å². The molecule has 18 heavy (non-hydrogen) atoms. The summed E-state index contributed by atoms with van der Waals surface area (Å²) >= 11 is 0.